The fourth-order valence-corrected chi connectivity index (χ4v) is 3.73. The first-order valence-corrected chi connectivity index (χ1v) is 12.2. The van der Waals surface area contributed by atoms with Gasteiger partial charge < -0.3 is 25.4 Å². The van der Waals surface area contributed by atoms with Crippen molar-refractivity contribution in [1.82, 2.24) is 15.5 Å². The van der Waals surface area contributed by atoms with E-state index >= 15 is 0 Å². The molecule has 0 aliphatic carbocycles. The van der Waals surface area contributed by atoms with Gasteiger partial charge in [-0.05, 0) is 56.4 Å². The number of amides is 3. The number of carbonyl (C=O) groups excluding carboxylic acids is 3. The quantitative estimate of drug-likeness (QED) is 0.415. The highest BCUT2D eigenvalue weighted by Gasteiger charge is 2.36. The largest absolute Gasteiger partial charge is 0.508 e. The molecule has 2 rings (SSSR count). The number of nitriles is 1. The van der Waals surface area contributed by atoms with E-state index in [4.69, 9.17) is 4.74 Å². The molecule has 0 heterocycles. The molecule has 3 N–H and O–H groups in total. The second-order valence-corrected chi connectivity index (χ2v) is 10.2. The van der Waals surface area contributed by atoms with E-state index in [-0.39, 0.29) is 24.6 Å². The highest BCUT2D eigenvalue weighted by Crippen LogP contribution is 2.25. The van der Waals surface area contributed by atoms with E-state index in [2.05, 4.69) is 10.6 Å². The van der Waals surface area contributed by atoms with Crippen LogP contribution < -0.4 is 10.6 Å². The molecule has 9 nitrogen and oxygen atoms in total. The average molecular weight is 509 g/mol. The molecule has 2 atom stereocenters. The van der Waals surface area contributed by atoms with Gasteiger partial charge in [-0.15, -0.1) is 0 Å². The number of hydrogen-bond donors (Lipinski definition) is 3. The fourth-order valence-electron chi connectivity index (χ4n) is 3.73. The molecule has 0 aliphatic rings. The van der Waals surface area contributed by atoms with Crippen molar-refractivity contribution in [3.8, 4) is 11.8 Å². The number of phenolic OH excluding ortho intramolecular Hbond substituents is 1. The normalized spacial score (nSPS) is 12.7. The minimum absolute atomic E-state index is 0.00497. The molecule has 0 fully saturated rings. The number of hydrogen-bond acceptors (Lipinski definition) is 6. The topological polar surface area (TPSA) is 132 Å². The van der Waals surface area contributed by atoms with Crippen LogP contribution in [0.3, 0.4) is 0 Å². The number of nitrogens with one attached hydrogen (secondary N) is 2. The Kier molecular flexibility index (Phi) is 10.5. The molecule has 37 heavy (non-hydrogen) atoms. The number of carbonyl (C=O) groups is 3. The average Bonchev–Trinajstić information content (AvgIpc) is 2.82. The van der Waals surface area contributed by atoms with Gasteiger partial charge in [0, 0.05) is 6.54 Å². The molecule has 3 amide bonds. The van der Waals surface area contributed by atoms with Gasteiger partial charge in [-0.2, -0.15) is 5.26 Å². The third kappa shape index (κ3) is 9.49. The van der Waals surface area contributed by atoms with E-state index < -0.39 is 42.1 Å². The van der Waals surface area contributed by atoms with Crippen LogP contribution in [-0.2, 0) is 20.9 Å². The molecule has 0 radical (unpaired) electrons. The molecule has 0 bridgehead atoms. The highest BCUT2D eigenvalue weighted by molar-refractivity contribution is 5.92. The van der Waals surface area contributed by atoms with Gasteiger partial charge in [0.05, 0.1) is 6.07 Å². The minimum atomic E-state index is -1.17. The Morgan fingerprint density at radius 1 is 1.05 bits per heavy atom. The molecular formula is C28H36N4O5. The number of nitrogens with zero attached hydrogens (tertiary/aromatic N) is 2. The predicted molar refractivity (Wildman–Crippen MR) is 139 cm³/mol. The molecule has 198 valence electrons. The standard InChI is InChI=1S/C28H36N4O5/c1-19(2)17-23(31-27(36)37-28(3,4)5)26(35)32(16-15-29)24(21-11-13-22(33)14-12-21)25(34)30-18-20-9-7-6-8-10-20/h6-14,19,23-24,33H,16-18H2,1-5H3,(H,30,34)(H,31,36). The predicted octanol–water partition coefficient (Wildman–Crippen LogP) is 4.04. The molecule has 0 aromatic heterocycles. The Hall–Kier alpha value is -4.06. The first-order valence-electron chi connectivity index (χ1n) is 12.2. The van der Waals surface area contributed by atoms with E-state index in [1.807, 2.05) is 50.2 Å². The maximum atomic E-state index is 13.8. The Bertz CT molecular complexity index is 1090. The van der Waals surface area contributed by atoms with Crippen molar-refractivity contribution >= 4 is 17.9 Å². The Morgan fingerprint density at radius 3 is 2.22 bits per heavy atom. The summed E-state index contributed by atoms with van der Waals surface area (Å²) in [6.07, 6.45) is -0.494. The van der Waals surface area contributed by atoms with Crippen molar-refractivity contribution in [1.29, 1.82) is 5.26 Å². The number of alkyl carbamates (subject to hydrolysis) is 1. The molecule has 2 aromatic carbocycles. The smallest absolute Gasteiger partial charge is 0.408 e. The summed E-state index contributed by atoms with van der Waals surface area (Å²) in [4.78, 5) is 41.0. The summed E-state index contributed by atoms with van der Waals surface area (Å²) in [5.74, 6) is -1.07. The molecule has 2 unspecified atom stereocenters. The zero-order valence-corrected chi connectivity index (χ0v) is 22.0. The zero-order chi connectivity index (χ0) is 27.6. The van der Waals surface area contributed by atoms with Crippen molar-refractivity contribution in [2.75, 3.05) is 6.54 Å². The van der Waals surface area contributed by atoms with Gasteiger partial charge in [0.25, 0.3) is 0 Å². The van der Waals surface area contributed by atoms with Gasteiger partial charge in [-0.25, -0.2) is 4.79 Å². The van der Waals surface area contributed by atoms with Crippen molar-refractivity contribution in [3.63, 3.8) is 0 Å². The number of ether oxygens (including phenoxy) is 1. The molecule has 0 spiro atoms. The minimum Gasteiger partial charge on any atom is -0.508 e. The van der Waals surface area contributed by atoms with Crippen molar-refractivity contribution in [2.24, 2.45) is 5.92 Å². The third-order valence-electron chi connectivity index (χ3n) is 5.30. The zero-order valence-electron chi connectivity index (χ0n) is 22.0. The number of aromatic hydroxyl groups is 1. The first-order chi connectivity index (χ1) is 17.4. The second-order valence-electron chi connectivity index (χ2n) is 10.2. The lowest BCUT2D eigenvalue weighted by Gasteiger charge is -2.33. The van der Waals surface area contributed by atoms with Crippen LogP contribution in [0.1, 0.15) is 58.2 Å². The summed E-state index contributed by atoms with van der Waals surface area (Å²) in [6, 6.07) is 14.9. The first kappa shape index (κ1) is 29.2. The molecular weight excluding hydrogens is 472 g/mol. The monoisotopic (exact) mass is 508 g/mol. The van der Waals surface area contributed by atoms with Gasteiger partial charge >= 0.3 is 6.09 Å². The molecule has 2 aromatic rings. The SMILES string of the molecule is CC(C)CC(NC(=O)OC(C)(C)C)C(=O)N(CC#N)C(C(=O)NCc1ccccc1)c1ccc(O)cc1. The third-order valence-corrected chi connectivity index (χ3v) is 5.30. The number of rotatable bonds is 10. The van der Waals surface area contributed by atoms with Gasteiger partial charge in [-0.3, -0.25) is 9.59 Å². The summed E-state index contributed by atoms with van der Waals surface area (Å²) < 4.78 is 5.34. The Balaban J connectivity index is 2.42. The summed E-state index contributed by atoms with van der Waals surface area (Å²) >= 11 is 0. The van der Waals surface area contributed by atoms with Crippen molar-refractivity contribution < 1.29 is 24.2 Å². The van der Waals surface area contributed by atoms with Crippen LogP contribution in [0.4, 0.5) is 4.79 Å². The summed E-state index contributed by atoms with van der Waals surface area (Å²) in [5.41, 5.74) is 0.503. The fraction of sp³-hybridized carbons (Fsp3) is 0.429. The molecule has 9 heteroatoms. The maximum absolute atomic E-state index is 13.8. The van der Waals surface area contributed by atoms with Gasteiger partial charge in [0.2, 0.25) is 11.8 Å². The van der Waals surface area contributed by atoms with Crippen LogP contribution >= 0.6 is 0 Å². The van der Waals surface area contributed by atoms with Gasteiger partial charge in [0.1, 0.15) is 30.0 Å². The van der Waals surface area contributed by atoms with Crippen LogP contribution in [-0.4, -0.2) is 46.1 Å². The van der Waals surface area contributed by atoms with Gasteiger partial charge in [0.15, 0.2) is 0 Å². The van der Waals surface area contributed by atoms with Crippen molar-refractivity contribution in [2.45, 2.75) is 65.3 Å². The van der Waals surface area contributed by atoms with E-state index in [1.54, 1.807) is 20.8 Å². The van der Waals surface area contributed by atoms with Crippen LogP contribution in [0.5, 0.6) is 5.75 Å². The highest BCUT2D eigenvalue weighted by atomic mass is 16.6. The molecule has 0 saturated heterocycles. The van der Waals surface area contributed by atoms with E-state index in [0.29, 0.717) is 5.56 Å². The van der Waals surface area contributed by atoms with E-state index in [1.165, 1.54) is 24.3 Å². The van der Waals surface area contributed by atoms with E-state index in [9.17, 15) is 24.8 Å². The molecule has 0 aliphatic heterocycles. The van der Waals surface area contributed by atoms with E-state index in [0.717, 1.165) is 10.5 Å². The lowest BCUT2D eigenvalue weighted by Crippen LogP contribution is -2.53. The van der Waals surface area contributed by atoms with Crippen LogP contribution in [0.15, 0.2) is 54.6 Å². The summed E-state index contributed by atoms with van der Waals surface area (Å²) in [7, 11) is 0. The number of phenols is 1. The summed E-state index contributed by atoms with van der Waals surface area (Å²) in [6.45, 7) is 8.76. The lowest BCUT2D eigenvalue weighted by molar-refractivity contribution is -0.142. The van der Waals surface area contributed by atoms with Gasteiger partial charge in [-0.1, -0.05) is 56.3 Å². The number of benzene rings is 2. The Morgan fingerprint density at radius 2 is 1.68 bits per heavy atom. The maximum Gasteiger partial charge on any atom is 0.408 e. The molecule has 0 saturated carbocycles. The van der Waals surface area contributed by atoms with Crippen LogP contribution in [0.2, 0.25) is 0 Å². The second kappa shape index (κ2) is 13.3. The lowest BCUT2D eigenvalue weighted by atomic mass is 9.99. The van der Waals surface area contributed by atoms with Crippen LogP contribution in [0, 0.1) is 17.2 Å². The van der Waals surface area contributed by atoms with Crippen LogP contribution in [0.25, 0.3) is 0 Å². The summed E-state index contributed by atoms with van der Waals surface area (Å²) in [5, 5.41) is 24.8. The van der Waals surface area contributed by atoms with Crippen molar-refractivity contribution in [3.05, 3.63) is 65.7 Å². The Labute approximate surface area is 218 Å².